The monoisotopic (exact) mass is 341 g/mol. The van der Waals surface area contributed by atoms with E-state index in [9.17, 15) is 18.3 Å². The van der Waals surface area contributed by atoms with Crippen molar-refractivity contribution < 1.29 is 23.0 Å². The predicted octanol–water partition coefficient (Wildman–Crippen LogP) is 3.03. The number of benzene rings is 1. The van der Waals surface area contributed by atoms with Gasteiger partial charge in [0, 0.05) is 0 Å². The van der Waals surface area contributed by atoms with Crippen LogP contribution in [0.25, 0.3) is 0 Å². The van der Waals surface area contributed by atoms with Gasteiger partial charge in [0.25, 0.3) is 0 Å². The Morgan fingerprint density at radius 3 is 2.46 bits per heavy atom. The molecule has 8 heteroatoms. The number of halogens is 3. The summed E-state index contributed by atoms with van der Waals surface area (Å²) in [6.07, 6.45) is 0.703. The van der Waals surface area contributed by atoms with Crippen LogP contribution in [0.2, 0.25) is 0 Å². The Bertz CT molecular complexity index is 677. The van der Waals surface area contributed by atoms with Crippen LogP contribution in [-0.2, 0) is 12.1 Å². The van der Waals surface area contributed by atoms with Gasteiger partial charge < -0.3 is 9.84 Å². The van der Waals surface area contributed by atoms with Crippen LogP contribution in [0.1, 0.15) is 36.9 Å². The number of aliphatic hydroxyl groups is 1. The molecule has 0 radical (unpaired) electrons. The van der Waals surface area contributed by atoms with Crippen molar-refractivity contribution in [3.05, 3.63) is 41.7 Å². The van der Waals surface area contributed by atoms with Gasteiger partial charge in [-0.25, -0.2) is 4.68 Å². The highest BCUT2D eigenvalue weighted by Gasteiger charge is 2.35. The first-order chi connectivity index (χ1) is 11.3. The lowest BCUT2D eigenvalue weighted by Crippen LogP contribution is -2.21. The molecule has 0 spiro atoms. The molecule has 3 rings (SSSR count). The van der Waals surface area contributed by atoms with Crippen LogP contribution in [0.15, 0.2) is 30.5 Å². The molecular weight excluding hydrogens is 323 g/mol. The van der Waals surface area contributed by atoms with E-state index in [2.05, 4.69) is 15.0 Å². The molecule has 1 aromatic carbocycles. The first-order valence-corrected chi connectivity index (χ1v) is 7.76. The van der Waals surface area contributed by atoms with Crippen LogP contribution in [0.5, 0.6) is 5.75 Å². The van der Waals surface area contributed by atoms with Gasteiger partial charge in [0.05, 0.1) is 12.7 Å². The highest BCUT2D eigenvalue weighted by molar-refractivity contribution is 5.27. The normalized spacial score (nSPS) is 17.2. The zero-order chi connectivity index (χ0) is 17.2. The zero-order valence-corrected chi connectivity index (χ0v) is 13.0. The molecule has 0 saturated heterocycles. The number of rotatable bonds is 5. The quantitative estimate of drug-likeness (QED) is 0.908. The van der Waals surface area contributed by atoms with Crippen LogP contribution >= 0.6 is 0 Å². The van der Waals surface area contributed by atoms with E-state index in [1.165, 1.54) is 12.1 Å². The van der Waals surface area contributed by atoms with E-state index < -0.39 is 18.4 Å². The van der Waals surface area contributed by atoms with Crippen LogP contribution in [0.4, 0.5) is 13.2 Å². The minimum absolute atomic E-state index is 0.163. The van der Waals surface area contributed by atoms with E-state index in [-0.39, 0.29) is 5.75 Å². The number of alkyl halides is 3. The number of hydrogen-bond acceptors (Lipinski definition) is 4. The SMILES string of the molecule is OC1(c2cn(Cc3ccc(OCC(F)(F)F)cc3)nn2)CCCC1. The Hall–Kier alpha value is -2.09. The van der Waals surface area contributed by atoms with Crippen LogP contribution in [0.3, 0.4) is 0 Å². The van der Waals surface area contributed by atoms with Gasteiger partial charge in [-0.15, -0.1) is 5.10 Å². The first-order valence-electron chi connectivity index (χ1n) is 7.76. The first kappa shape index (κ1) is 16.8. The summed E-state index contributed by atoms with van der Waals surface area (Å²) in [5, 5.41) is 18.6. The Morgan fingerprint density at radius 2 is 1.83 bits per heavy atom. The fraction of sp³-hybridized carbons (Fsp3) is 0.500. The van der Waals surface area contributed by atoms with Gasteiger partial charge in [-0.05, 0) is 30.5 Å². The molecule has 1 aromatic heterocycles. The highest BCUT2D eigenvalue weighted by Crippen LogP contribution is 2.37. The van der Waals surface area contributed by atoms with Crippen molar-refractivity contribution in [2.45, 2.75) is 44.0 Å². The summed E-state index contributed by atoms with van der Waals surface area (Å²) in [5.74, 6) is 0.163. The number of ether oxygens (including phenoxy) is 1. The Balaban J connectivity index is 1.61. The minimum atomic E-state index is -4.35. The maximum atomic E-state index is 12.1. The smallest absolute Gasteiger partial charge is 0.422 e. The number of aromatic nitrogens is 3. The highest BCUT2D eigenvalue weighted by atomic mass is 19.4. The predicted molar refractivity (Wildman–Crippen MR) is 79.5 cm³/mol. The molecule has 1 aliphatic carbocycles. The third-order valence-electron chi connectivity index (χ3n) is 4.12. The molecule has 5 nitrogen and oxygen atoms in total. The summed E-state index contributed by atoms with van der Waals surface area (Å²) in [4.78, 5) is 0. The van der Waals surface area contributed by atoms with E-state index in [0.29, 0.717) is 25.1 Å². The molecule has 1 heterocycles. The lowest BCUT2D eigenvalue weighted by Gasteiger charge is -2.17. The van der Waals surface area contributed by atoms with Crippen molar-refractivity contribution in [2.24, 2.45) is 0 Å². The molecule has 1 N–H and O–H groups in total. The topological polar surface area (TPSA) is 60.2 Å². The fourth-order valence-corrected chi connectivity index (χ4v) is 2.85. The molecule has 0 unspecified atom stereocenters. The molecule has 0 bridgehead atoms. The molecular formula is C16H18F3N3O2. The molecule has 2 aromatic rings. The van der Waals surface area contributed by atoms with E-state index in [0.717, 1.165) is 18.4 Å². The second-order valence-corrected chi connectivity index (χ2v) is 6.09. The summed E-state index contributed by atoms with van der Waals surface area (Å²) < 4.78 is 42.6. The second kappa shape index (κ2) is 6.43. The van der Waals surface area contributed by atoms with E-state index in [1.54, 1.807) is 23.0 Å². The van der Waals surface area contributed by atoms with Gasteiger partial charge in [-0.3, -0.25) is 0 Å². The van der Waals surface area contributed by atoms with Gasteiger partial charge >= 0.3 is 6.18 Å². The number of hydrogen-bond donors (Lipinski definition) is 1. The van der Waals surface area contributed by atoms with Crippen molar-refractivity contribution in [1.29, 1.82) is 0 Å². The lowest BCUT2D eigenvalue weighted by molar-refractivity contribution is -0.153. The average Bonchev–Trinajstić information content (AvgIpc) is 3.16. The van der Waals surface area contributed by atoms with Crippen LogP contribution in [-0.4, -0.2) is 32.9 Å². The summed E-state index contributed by atoms with van der Waals surface area (Å²) in [6.45, 7) is -0.889. The van der Waals surface area contributed by atoms with E-state index in [4.69, 9.17) is 0 Å². The zero-order valence-electron chi connectivity index (χ0n) is 13.0. The fourth-order valence-electron chi connectivity index (χ4n) is 2.85. The molecule has 0 aliphatic heterocycles. The standard InChI is InChI=1S/C16H18F3N3O2/c17-16(18,19)11-24-13-5-3-12(4-6-13)9-22-10-14(20-21-22)15(23)7-1-2-8-15/h3-6,10,23H,1-2,7-9,11H2. The maximum Gasteiger partial charge on any atom is 0.422 e. The van der Waals surface area contributed by atoms with Crippen molar-refractivity contribution in [2.75, 3.05) is 6.61 Å². The molecule has 130 valence electrons. The summed E-state index contributed by atoms with van der Waals surface area (Å²) in [6, 6.07) is 6.33. The number of nitrogens with zero attached hydrogens (tertiary/aromatic N) is 3. The summed E-state index contributed by atoms with van der Waals surface area (Å²) in [7, 11) is 0. The van der Waals surface area contributed by atoms with Crippen molar-refractivity contribution >= 4 is 0 Å². The van der Waals surface area contributed by atoms with Crippen molar-refractivity contribution in [1.82, 2.24) is 15.0 Å². The van der Waals surface area contributed by atoms with Crippen molar-refractivity contribution in [3.63, 3.8) is 0 Å². The van der Waals surface area contributed by atoms with Gasteiger partial charge in [0.2, 0.25) is 0 Å². The molecule has 0 atom stereocenters. The van der Waals surface area contributed by atoms with Crippen LogP contribution in [0, 0.1) is 0 Å². The Morgan fingerprint density at radius 1 is 1.17 bits per heavy atom. The second-order valence-electron chi connectivity index (χ2n) is 6.09. The van der Waals surface area contributed by atoms with E-state index >= 15 is 0 Å². The Labute approximate surface area is 137 Å². The maximum absolute atomic E-state index is 12.1. The van der Waals surface area contributed by atoms with Gasteiger partial charge in [0.1, 0.15) is 17.0 Å². The lowest BCUT2D eigenvalue weighted by atomic mass is 9.99. The molecule has 24 heavy (non-hydrogen) atoms. The largest absolute Gasteiger partial charge is 0.484 e. The third kappa shape index (κ3) is 4.05. The van der Waals surface area contributed by atoms with Gasteiger partial charge in [0.15, 0.2) is 6.61 Å². The molecule has 1 aliphatic rings. The van der Waals surface area contributed by atoms with Gasteiger partial charge in [-0.1, -0.05) is 30.2 Å². The van der Waals surface area contributed by atoms with Gasteiger partial charge in [-0.2, -0.15) is 13.2 Å². The van der Waals surface area contributed by atoms with E-state index in [1.807, 2.05) is 0 Å². The summed E-state index contributed by atoms with van der Waals surface area (Å²) >= 11 is 0. The third-order valence-corrected chi connectivity index (χ3v) is 4.12. The molecule has 1 fully saturated rings. The van der Waals surface area contributed by atoms with Crippen molar-refractivity contribution in [3.8, 4) is 5.75 Å². The molecule has 1 saturated carbocycles. The van der Waals surface area contributed by atoms with Crippen LogP contribution < -0.4 is 4.74 Å². The minimum Gasteiger partial charge on any atom is -0.484 e. The summed E-state index contributed by atoms with van der Waals surface area (Å²) in [5.41, 5.74) is 0.544. The average molecular weight is 341 g/mol. The Kier molecular flexibility index (Phi) is 4.49. The molecule has 0 amide bonds.